The van der Waals surface area contributed by atoms with Crippen LogP contribution in [0.15, 0.2) is 83.9 Å². The van der Waals surface area contributed by atoms with Gasteiger partial charge in [-0.25, -0.2) is 9.07 Å². The van der Waals surface area contributed by atoms with Crippen LogP contribution in [0.1, 0.15) is 5.69 Å². The summed E-state index contributed by atoms with van der Waals surface area (Å²) in [4.78, 5) is 13.5. The normalized spacial score (nSPS) is 11.0. The maximum Gasteiger partial charge on any atom is 0.316 e. The third kappa shape index (κ3) is 5.06. The summed E-state index contributed by atoms with van der Waals surface area (Å²) in [6.07, 6.45) is 3.30. The van der Waals surface area contributed by atoms with Crippen molar-refractivity contribution < 1.29 is 19.3 Å². The fourth-order valence-electron chi connectivity index (χ4n) is 3.67. The topological polar surface area (TPSA) is 115 Å². The molecule has 0 atom stereocenters. The first-order valence-corrected chi connectivity index (χ1v) is 11.5. The Balaban J connectivity index is 1.55. The lowest BCUT2D eigenvalue weighted by Crippen LogP contribution is -2.24. The van der Waals surface area contributed by atoms with Crippen molar-refractivity contribution in [1.82, 2.24) is 24.8 Å². The molecule has 0 aliphatic heterocycles. The van der Waals surface area contributed by atoms with Crippen LogP contribution in [-0.2, 0) is 6.42 Å². The number of hydrogen-bond acceptors (Lipinski definition) is 7. The van der Waals surface area contributed by atoms with Gasteiger partial charge in [0.15, 0.2) is 0 Å². The van der Waals surface area contributed by atoms with E-state index in [1.165, 1.54) is 27.7 Å². The van der Waals surface area contributed by atoms with Gasteiger partial charge in [0.25, 0.3) is 0 Å². The predicted molar refractivity (Wildman–Crippen MR) is 134 cm³/mol. The Morgan fingerprint density at radius 1 is 1.03 bits per heavy atom. The lowest BCUT2D eigenvalue weighted by atomic mass is 10.0. The second-order valence-electron chi connectivity index (χ2n) is 7.97. The molecule has 11 heteroatoms. The molecule has 5 aromatic rings. The highest BCUT2D eigenvalue weighted by molar-refractivity contribution is 6.30. The number of hydrogen-bond donors (Lipinski definition) is 2. The van der Waals surface area contributed by atoms with Gasteiger partial charge in [0.05, 0.1) is 23.8 Å². The Labute approximate surface area is 214 Å². The fraction of sp³-hybridized carbons (Fsp3) is 0.0769. The summed E-state index contributed by atoms with van der Waals surface area (Å²) in [5.41, 5.74) is 1.77. The highest BCUT2D eigenvalue weighted by Crippen LogP contribution is 2.32. The Bertz CT molecular complexity index is 1620. The molecule has 2 N–H and O–H groups in total. The number of aromatic hydroxyl groups is 1. The van der Waals surface area contributed by atoms with E-state index in [2.05, 4.69) is 15.4 Å². The average molecular weight is 520 g/mol. The largest absolute Gasteiger partial charge is 0.507 e. The van der Waals surface area contributed by atoms with E-state index < -0.39 is 11.4 Å². The summed E-state index contributed by atoms with van der Waals surface area (Å²) >= 11 is 5.98. The summed E-state index contributed by atoms with van der Waals surface area (Å²) in [7, 11) is 0. The lowest BCUT2D eigenvalue weighted by Gasteiger charge is -2.13. The summed E-state index contributed by atoms with van der Waals surface area (Å²) in [5.74, 6) is -0.476. The highest BCUT2D eigenvalue weighted by atomic mass is 35.5. The second kappa shape index (κ2) is 10.2. The van der Waals surface area contributed by atoms with Crippen LogP contribution >= 0.6 is 11.6 Å². The number of ether oxygens (including phenoxy) is 1. The van der Waals surface area contributed by atoms with E-state index in [-0.39, 0.29) is 23.8 Å². The zero-order chi connectivity index (χ0) is 25.9. The third-order valence-electron chi connectivity index (χ3n) is 5.49. The zero-order valence-corrected chi connectivity index (χ0v) is 19.9. The molecule has 0 spiro atoms. The van der Waals surface area contributed by atoms with Crippen molar-refractivity contribution >= 4 is 11.6 Å². The molecular weight excluding hydrogens is 501 g/mol. The average Bonchev–Trinajstić information content (AvgIpc) is 3.35. The molecule has 37 heavy (non-hydrogen) atoms. The van der Waals surface area contributed by atoms with Crippen LogP contribution in [-0.4, -0.2) is 41.6 Å². The lowest BCUT2D eigenvalue weighted by molar-refractivity contribution is 0.298. The molecule has 0 unspecified atom stereocenters. The maximum absolute atomic E-state index is 13.5. The minimum absolute atomic E-state index is 0.0669. The molecule has 5 rings (SSSR count). The number of halogens is 2. The fourth-order valence-corrected chi connectivity index (χ4v) is 3.80. The molecule has 186 valence electrons. The van der Waals surface area contributed by atoms with E-state index in [1.807, 2.05) is 0 Å². The molecule has 9 nitrogen and oxygen atoms in total. The van der Waals surface area contributed by atoms with E-state index in [4.69, 9.17) is 16.3 Å². The number of aromatic nitrogens is 5. The molecule has 0 saturated heterocycles. The number of aliphatic hydroxyl groups excluding tert-OH is 1. The minimum Gasteiger partial charge on any atom is -0.507 e. The van der Waals surface area contributed by atoms with Gasteiger partial charge in [0.2, 0.25) is 5.75 Å². The van der Waals surface area contributed by atoms with Gasteiger partial charge in [0.1, 0.15) is 23.0 Å². The Kier molecular flexibility index (Phi) is 6.67. The van der Waals surface area contributed by atoms with Crippen LogP contribution in [0.4, 0.5) is 4.39 Å². The molecule has 0 saturated carbocycles. The van der Waals surface area contributed by atoms with Crippen molar-refractivity contribution in [2.45, 2.75) is 6.42 Å². The number of nitrogens with zero attached hydrogens (tertiary/aromatic N) is 5. The SMILES string of the molecule is O=c1c(Oc2ccc(-c3ccc(F)cc3O)cc2)c(-n2cc(CCO)nn2)cnn1-c1ccc(Cl)cc1. The van der Waals surface area contributed by atoms with Gasteiger partial charge in [-0.2, -0.15) is 9.78 Å². The number of benzene rings is 3. The molecule has 0 bridgehead atoms. The molecule has 0 fully saturated rings. The van der Waals surface area contributed by atoms with Crippen LogP contribution in [0.3, 0.4) is 0 Å². The predicted octanol–water partition coefficient (Wildman–Crippen LogP) is 4.31. The van der Waals surface area contributed by atoms with Crippen molar-refractivity contribution in [1.29, 1.82) is 0 Å². The van der Waals surface area contributed by atoms with Crippen molar-refractivity contribution in [3.63, 3.8) is 0 Å². The van der Waals surface area contributed by atoms with E-state index in [1.54, 1.807) is 54.7 Å². The first-order chi connectivity index (χ1) is 17.9. The number of aliphatic hydroxyl groups is 1. The van der Waals surface area contributed by atoms with Gasteiger partial charge in [0, 0.05) is 29.7 Å². The summed E-state index contributed by atoms with van der Waals surface area (Å²) < 4.78 is 21.9. The van der Waals surface area contributed by atoms with Crippen LogP contribution in [0, 0.1) is 5.82 Å². The molecule has 0 radical (unpaired) electrons. The molecular formula is C26H19ClFN5O4. The van der Waals surface area contributed by atoms with Gasteiger partial charge < -0.3 is 14.9 Å². The first kappa shape index (κ1) is 24.2. The van der Waals surface area contributed by atoms with Crippen LogP contribution in [0.2, 0.25) is 5.02 Å². The standard InChI is InChI=1S/C26H19ClFN5O4/c27-17-3-6-20(7-4-17)33-26(36)25(23(14-29-33)32-15-19(11-12-34)30-31-32)37-21-8-1-16(2-9-21)22-10-5-18(28)13-24(22)35/h1-10,13-15,34-35H,11-12H2. The minimum atomic E-state index is -0.556. The molecule has 2 aromatic heterocycles. The molecule has 0 aliphatic rings. The Morgan fingerprint density at radius 2 is 1.78 bits per heavy atom. The van der Waals surface area contributed by atoms with E-state index in [0.717, 1.165) is 6.07 Å². The van der Waals surface area contributed by atoms with Crippen LogP contribution in [0.5, 0.6) is 17.2 Å². The van der Waals surface area contributed by atoms with Crippen molar-refractivity contribution in [3.8, 4) is 39.8 Å². The quantitative estimate of drug-likeness (QED) is 0.329. The van der Waals surface area contributed by atoms with Crippen molar-refractivity contribution in [3.05, 3.63) is 106 Å². The van der Waals surface area contributed by atoms with Gasteiger partial charge in [-0.15, -0.1) is 5.10 Å². The van der Waals surface area contributed by atoms with E-state index in [0.29, 0.717) is 39.7 Å². The van der Waals surface area contributed by atoms with E-state index >= 15 is 0 Å². The third-order valence-corrected chi connectivity index (χ3v) is 5.74. The van der Waals surface area contributed by atoms with Gasteiger partial charge in [-0.05, 0) is 54.1 Å². The summed E-state index contributed by atoms with van der Waals surface area (Å²) in [6, 6.07) is 16.9. The number of phenolic OH excluding ortho intramolecular Hbond substituents is 1. The van der Waals surface area contributed by atoms with Gasteiger partial charge >= 0.3 is 5.56 Å². The van der Waals surface area contributed by atoms with E-state index in [9.17, 15) is 19.4 Å². The smallest absolute Gasteiger partial charge is 0.316 e. The number of rotatable bonds is 7. The van der Waals surface area contributed by atoms with Crippen molar-refractivity contribution in [2.75, 3.05) is 6.61 Å². The number of phenols is 1. The Hall–Kier alpha value is -4.54. The van der Waals surface area contributed by atoms with Crippen LogP contribution < -0.4 is 10.3 Å². The molecule has 3 aromatic carbocycles. The molecule has 2 heterocycles. The van der Waals surface area contributed by atoms with Crippen LogP contribution in [0.25, 0.3) is 22.5 Å². The Morgan fingerprint density at radius 3 is 2.49 bits per heavy atom. The van der Waals surface area contributed by atoms with Gasteiger partial charge in [-0.1, -0.05) is 28.9 Å². The molecule has 0 amide bonds. The van der Waals surface area contributed by atoms with Gasteiger partial charge in [-0.3, -0.25) is 4.79 Å². The van der Waals surface area contributed by atoms with Crippen molar-refractivity contribution in [2.24, 2.45) is 0 Å². The zero-order valence-electron chi connectivity index (χ0n) is 19.1. The first-order valence-electron chi connectivity index (χ1n) is 11.1. The monoisotopic (exact) mass is 519 g/mol. The maximum atomic E-state index is 13.5. The molecule has 0 aliphatic carbocycles. The highest BCUT2D eigenvalue weighted by Gasteiger charge is 2.19. The summed E-state index contributed by atoms with van der Waals surface area (Å²) in [5, 5.41) is 32.1. The second-order valence-corrected chi connectivity index (χ2v) is 8.40. The summed E-state index contributed by atoms with van der Waals surface area (Å²) in [6.45, 7) is -0.103.